The third-order valence-electron chi connectivity index (χ3n) is 5.85. The Morgan fingerprint density at radius 1 is 1.16 bits per heavy atom. The summed E-state index contributed by atoms with van der Waals surface area (Å²) in [6.07, 6.45) is -1.90. The number of esters is 2. The van der Waals surface area contributed by atoms with Gasteiger partial charge in [0.1, 0.15) is 5.82 Å². The quantitative estimate of drug-likeness (QED) is 0.509. The first kappa shape index (κ1) is 21.5. The Balaban J connectivity index is 1.44. The smallest absolute Gasteiger partial charge is 0.405 e. The van der Waals surface area contributed by atoms with Crippen LogP contribution in [0.2, 0.25) is 0 Å². The molecule has 0 saturated carbocycles. The second-order valence-electron chi connectivity index (χ2n) is 8.10. The zero-order chi connectivity index (χ0) is 22.2. The number of carbonyl (C=O) groups is 3. The molecule has 31 heavy (non-hydrogen) atoms. The summed E-state index contributed by atoms with van der Waals surface area (Å²) in [5.74, 6) is -5.02. The Labute approximate surface area is 176 Å². The third-order valence-corrected chi connectivity index (χ3v) is 5.85. The molecule has 1 atom stereocenters. The summed E-state index contributed by atoms with van der Waals surface area (Å²) in [7, 11) is 0. The van der Waals surface area contributed by atoms with Crippen molar-refractivity contribution in [3.63, 3.8) is 0 Å². The van der Waals surface area contributed by atoms with Gasteiger partial charge in [-0.15, -0.1) is 0 Å². The van der Waals surface area contributed by atoms with E-state index in [-0.39, 0.29) is 6.42 Å². The lowest BCUT2D eigenvalue weighted by Gasteiger charge is -2.36. The van der Waals surface area contributed by atoms with Crippen molar-refractivity contribution in [2.75, 3.05) is 31.1 Å². The number of anilines is 1. The lowest BCUT2D eigenvalue weighted by Crippen LogP contribution is -2.55. The van der Waals surface area contributed by atoms with Crippen LogP contribution in [0.25, 0.3) is 0 Å². The van der Waals surface area contributed by atoms with Crippen molar-refractivity contribution in [3.05, 3.63) is 23.9 Å². The molecule has 3 aliphatic rings. The number of nitrogens with zero attached hydrogens (tertiary/aromatic N) is 3. The number of amides is 1. The number of ether oxygens (including phenoxy) is 2. The second kappa shape index (κ2) is 8.10. The highest BCUT2D eigenvalue weighted by atomic mass is 19.4. The average Bonchev–Trinajstić information content (AvgIpc) is 3.25. The van der Waals surface area contributed by atoms with Gasteiger partial charge in [0, 0.05) is 38.7 Å². The van der Waals surface area contributed by atoms with E-state index in [2.05, 4.69) is 4.98 Å². The summed E-state index contributed by atoms with van der Waals surface area (Å²) in [4.78, 5) is 43.7. The van der Waals surface area contributed by atoms with E-state index >= 15 is 0 Å². The molecular formula is C20H22F3N3O5. The van der Waals surface area contributed by atoms with E-state index in [0.717, 1.165) is 5.56 Å². The normalized spacial score (nSPS) is 24.0. The Morgan fingerprint density at radius 3 is 2.61 bits per heavy atom. The van der Waals surface area contributed by atoms with Crippen molar-refractivity contribution in [1.29, 1.82) is 0 Å². The highest BCUT2D eigenvalue weighted by Crippen LogP contribution is 2.35. The molecule has 0 bridgehead atoms. The summed E-state index contributed by atoms with van der Waals surface area (Å²) in [5.41, 5.74) is 0.739. The number of hydrogen-bond donors (Lipinski definition) is 0. The van der Waals surface area contributed by atoms with Crippen LogP contribution in [-0.4, -0.2) is 65.9 Å². The average molecular weight is 441 g/mol. The van der Waals surface area contributed by atoms with Gasteiger partial charge in [-0.1, -0.05) is 6.07 Å². The van der Waals surface area contributed by atoms with E-state index in [9.17, 15) is 27.6 Å². The van der Waals surface area contributed by atoms with Gasteiger partial charge in [-0.05, 0) is 43.4 Å². The van der Waals surface area contributed by atoms with E-state index in [4.69, 9.17) is 9.47 Å². The molecule has 4 rings (SSSR count). The van der Waals surface area contributed by atoms with Gasteiger partial charge in [0.15, 0.2) is 0 Å². The van der Waals surface area contributed by atoms with Gasteiger partial charge in [0.2, 0.25) is 0 Å². The van der Waals surface area contributed by atoms with Crippen molar-refractivity contribution < 1.29 is 37.0 Å². The number of pyridine rings is 1. The Bertz CT molecular complexity index is 875. The van der Waals surface area contributed by atoms with Crippen molar-refractivity contribution in [2.24, 2.45) is 5.92 Å². The van der Waals surface area contributed by atoms with Gasteiger partial charge in [-0.25, -0.2) is 14.6 Å². The lowest BCUT2D eigenvalue weighted by atomic mass is 10.0. The highest BCUT2D eigenvalue weighted by molar-refractivity contribution is 6.32. The molecule has 0 aliphatic carbocycles. The number of halogens is 3. The third kappa shape index (κ3) is 4.51. The van der Waals surface area contributed by atoms with Crippen LogP contribution in [-0.2, 0) is 30.3 Å². The molecule has 11 heteroatoms. The summed E-state index contributed by atoms with van der Waals surface area (Å²) < 4.78 is 47.8. The molecule has 4 heterocycles. The molecule has 1 amide bonds. The van der Waals surface area contributed by atoms with Gasteiger partial charge in [0.05, 0.1) is 0 Å². The molecule has 3 saturated heterocycles. The van der Waals surface area contributed by atoms with Crippen LogP contribution in [0.1, 0.15) is 31.2 Å². The van der Waals surface area contributed by atoms with Gasteiger partial charge in [-0.2, -0.15) is 13.2 Å². The maximum atomic E-state index is 13.0. The second-order valence-corrected chi connectivity index (χ2v) is 8.10. The van der Waals surface area contributed by atoms with Crippen molar-refractivity contribution in [1.82, 2.24) is 9.88 Å². The van der Waals surface area contributed by atoms with Gasteiger partial charge in [0.25, 0.3) is 0 Å². The molecule has 168 valence electrons. The SMILES string of the molecule is O=C1OC2(CCCN(c3ncccc3CCN3CC[C@@H](CC(F)(F)F)C3)C2=O)OC1=O. The number of aromatic nitrogens is 1. The van der Waals surface area contributed by atoms with E-state index in [1.807, 2.05) is 4.90 Å². The summed E-state index contributed by atoms with van der Waals surface area (Å²) in [6.45, 7) is 1.82. The predicted molar refractivity (Wildman–Crippen MR) is 99.7 cm³/mol. The number of carbonyl (C=O) groups excluding carboxylic acids is 3. The monoisotopic (exact) mass is 441 g/mol. The van der Waals surface area contributed by atoms with Gasteiger partial charge in [-0.3, -0.25) is 9.69 Å². The van der Waals surface area contributed by atoms with Gasteiger partial charge < -0.3 is 14.4 Å². The topological polar surface area (TPSA) is 89.0 Å². The Hall–Kier alpha value is -2.69. The summed E-state index contributed by atoms with van der Waals surface area (Å²) in [6, 6.07) is 3.52. The van der Waals surface area contributed by atoms with Gasteiger partial charge >= 0.3 is 29.8 Å². The molecule has 0 N–H and O–H groups in total. The molecule has 1 spiro atoms. The van der Waals surface area contributed by atoms with E-state index in [1.54, 1.807) is 12.1 Å². The zero-order valence-corrected chi connectivity index (χ0v) is 16.7. The minimum absolute atomic E-state index is 0.0797. The maximum absolute atomic E-state index is 13.0. The fraction of sp³-hybridized carbons (Fsp3) is 0.600. The molecule has 1 aromatic rings. The summed E-state index contributed by atoms with van der Waals surface area (Å²) >= 11 is 0. The first-order chi connectivity index (χ1) is 14.7. The summed E-state index contributed by atoms with van der Waals surface area (Å²) in [5, 5.41) is 0. The predicted octanol–water partition coefficient (Wildman–Crippen LogP) is 1.82. The fourth-order valence-corrected chi connectivity index (χ4v) is 4.44. The lowest BCUT2D eigenvalue weighted by molar-refractivity contribution is -0.193. The fourth-order valence-electron chi connectivity index (χ4n) is 4.44. The Kier molecular flexibility index (Phi) is 5.63. The van der Waals surface area contributed by atoms with Crippen molar-refractivity contribution in [2.45, 2.75) is 44.1 Å². The molecule has 0 aromatic carbocycles. The number of hydrogen-bond acceptors (Lipinski definition) is 7. The number of rotatable bonds is 5. The molecule has 0 radical (unpaired) electrons. The van der Waals surface area contributed by atoms with Crippen LogP contribution in [0.4, 0.5) is 19.0 Å². The minimum atomic E-state index is -4.16. The molecule has 3 aliphatic heterocycles. The van der Waals surface area contributed by atoms with Crippen molar-refractivity contribution >= 4 is 23.7 Å². The van der Waals surface area contributed by atoms with Crippen LogP contribution in [0.3, 0.4) is 0 Å². The van der Waals surface area contributed by atoms with Crippen LogP contribution in [0.5, 0.6) is 0 Å². The molecular weight excluding hydrogens is 419 g/mol. The van der Waals surface area contributed by atoms with Crippen LogP contribution in [0.15, 0.2) is 18.3 Å². The molecule has 3 fully saturated rings. The highest BCUT2D eigenvalue weighted by Gasteiger charge is 2.58. The largest absolute Gasteiger partial charge is 0.421 e. The standard InChI is InChI=1S/C20H22F3N3O5/c21-20(22,23)11-13-4-9-25(12-13)10-5-14-3-1-7-24-15(14)26-8-2-6-19(18(26)29)30-16(27)17(28)31-19/h1,3,7,13H,2,4-6,8-12H2/t13-/m0/s1. The first-order valence-corrected chi connectivity index (χ1v) is 10.2. The van der Waals surface area contributed by atoms with Crippen LogP contribution >= 0.6 is 0 Å². The van der Waals surface area contributed by atoms with E-state index < -0.39 is 42.1 Å². The van der Waals surface area contributed by atoms with E-state index in [1.165, 1.54) is 11.1 Å². The zero-order valence-electron chi connectivity index (χ0n) is 16.7. The number of alkyl halides is 3. The van der Waals surface area contributed by atoms with Crippen molar-refractivity contribution in [3.8, 4) is 0 Å². The minimum Gasteiger partial charge on any atom is -0.405 e. The number of likely N-dealkylation sites (tertiary alicyclic amines) is 1. The number of piperidine rings is 1. The van der Waals surface area contributed by atoms with E-state index in [0.29, 0.717) is 51.3 Å². The molecule has 1 aromatic heterocycles. The molecule has 0 unspecified atom stereocenters. The van der Waals surface area contributed by atoms with Crippen LogP contribution < -0.4 is 4.90 Å². The maximum Gasteiger partial charge on any atom is 0.421 e. The first-order valence-electron chi connectivity index (χ1n) is 10.2. The molecule has 8 nitrogen and oxygen atoms in total. The van der Waals surface area contributed by atoms with Crippen LogP contribution in [0, 0.1) is 5.92 Å². The Morgan fingerprint density at radius 2 is 1.90 bits per heavy atom.